The molecule has 0 spiro atoms. The Kier molecular flexibility index (Phi) is 7.82. The number of rotatable bonds is 11. The lowest BCUT2D eigenvalue weighted by molar-refractivity contribution is -0.148. The van der Waals surface area contributed by atoms with Crippen LogP contribution in [0.5, 0.6) is 0 Å². The number of hydrogen-bond donors (Lipinski definition) is 2. The van der Waals surface area contributed by atoms with E-state index in [9.17, 15) is 14.7 Å². The molecule has 1 rings (SSSR count). The molecule has 0 bridgehead atoms. The molecular weight excluding hydrogens is 278 g/mol. The maximum absolute atomic E-state index is 12.0. The molecular formula is C18H27NO3. The number of benzene rings is 1. The summed E-state index contributed by atoms with van der Waals surface area (Å²) in [4.78, 5) is 22.6. The molecule has 1 aromatic carbocycles. The van der Waals surface area contributed by atoms with E-state index >= 15 is 0 Å². The van der Waals surface area contributed by atoms with E-state index in [2.05, 4.69) is 12.2 Å². The lowest BCUT2D eigenvalue weighted by atomic mass is 9.78. The largest absolute Gasteiger partial charge is 0.480 e. The third-order valence-electron chi connectivity index (χ3n) is 4.29. The van der Waals surface area contributed by atoms with E-state index < -0.39 is 11.5 Å². The lowest BCUT2D eigenvalue weighted by Crippen LogP contribution is -2.56. The van der Waals surface area contributed by atoms with Gasteiger partial charge in [0, 0.05) is 13.0 Å². The van der Waals surface area contributed by atoms with Gasteiger partial charge in [-0.3, -0.25) is 10.1 Å². The normalized spacial score (nSPS) is 15.0. The molecule has 0 aromatic heterocycles. The predicted molar refractivity (Wildman–Crippen MR) is 87.6 cm³/mol. The van der Waals surface area contributed by atoms with Gasteiger partial charge in [0.25, 0.3) is 0 Å². The van der Waals surface area contributed by atoms with Crippen LogP contribution in [-0.2, 0) is 16.1 Å². The first-order valence-corrected chi connectivity index (χ1v) is 8.02. The van der Waals surface area contributed by atoms with E-state index in [1.807, 2.05) is 37.3 Å². The number of carbonyl (C=O) groups is 2. The van der Waals surface area contributed by atoms with Gasteiger partial charge in [0.05, 0.1) is 0 Å². The molecule has 0 fully saturated rings. The molecule has 0 saturated heterocycles. The molecule has 1 aromatic rings. The number of aliphatic carboxylic acids is 1. The average molecular weight is 305 g/mol. The number of carboxylic acid groups (broad SMARTS) is 1. The highest BCUT2D eigenvalue weighted by molar-refractivity contribution is 5.79. The van der Waals surface area contributed by atoms with Crippen LogP contribution in [0.3, 0.4) is 0 Å². The SMILES string of the molecule is CCCC(C)C(CCCC=O)(NCc1ccccc1)C(=O)O. The fourth-order valence-electron chi connectivity index (χ4n) is 2.90. The molecule has 0 aliphatic rings. The van der Waals surface area contributed by atoms with E-state index in [4.69, 9.17) is 0 Å². The van der Waals surface area contributed by atoms with E-state index in [0.29, 0.717) is 25.8 Å². The van der Waals surface area contributed by atoms with Crippen molar-refractivity contribution in [1.82, 2.24) is 5.32 Å². The molecule has 122 valence electrons. The number of hydrogen-bond acceptors (Lipinski definition) is 3. The van der Waals surface area contributed by atoms with Crippen LogP contribution in [0.1, 0.15) is 51.5 Å². The highest BCUT2D eigenvalue weighted by atomic mass is 16.4. The number of carbonyl (C=O) groups excluding carboxylic acids is 1. The van der Waals surface area contributed by atoms with Gasteiger partial charge in [0.1, 0.15) is 11.8 Å². The number of nitrogens with one attached hydrogen (secondary N) is 1. The summed E-state index contributed by atoms with van der Waals surface area (Å²) < 4.78 is 0. The second-order valence-electron chi connectivity index (χ2n) is 5.86. The molecule has 2 unspecified atom stereocenters. The second-order valence-corrected chi connectivity index (χ2v) is 5.86. The van der Waals surface area contributed by atoms with Crippen LogP contribution in [0.25, 0.3) is 0 Å². The Labute approximate surface area is 132 Å². The maximum atomic E-state index is 12.0. The second kappa shape index (κ2) is 9.36. The zero-order chi connectivity index (χ0) is 16.4. The minimum absolute atomic E-state index is 0.00497. The summed E-state index contributed by atoms with van der Waals surface area (Å²) in [6, 6.07) is 9.80. The first-order valence-electron chi connectivity index (χ1n) is 8.02. The van der Waals surface area contributed by atoms with Gasteiger partial charge in [-0.2, -0.15) is 0 Å². The molecule has 0 heterocycles. The first kappa shape index (κ1) is 18.4. The Balaban J connectivity index is 2.90. The number of aldehydes is 1. The molecule has 4 heteroatoms. The maximum Gasteiger partial charge on any atom is 0.324 e. The minimum Gasteiger partial charge on any atom is -0.480 e. The van der Waals surface area contributed by atoms with Crippen molar-refractivity contribution in [3.63, 3.8) is 0 Å². The zero-order valence-electron chi connectivity index (χ0n) is 13.5. The summed E-state index contributed by atoms with van der Waals surface area (Å²) in [6.07, 6.45) is 4.10. The summed E-state index contributed by atoms with van der Waals surface area (Å²) in [6.45, 7) is 4.56. The van der Waals surface area contributed by atoms with Crippen LogP contribution in [0.4, 0.5) is 0 Å². The van der Waals surface area contributed by atoms with Crippen LogP contribution >= 0.6 is 0 Å². The molecule has 0 radical (unpaired) electrons. The van der Waals surface area contributed by atoms with Gasteiger partial charge in [-0.1, -0.05) is 50.6 Å². The van der Waals surface area contributed by atoms with Crippen molar-refractivity contribution in [1.29, 1.82) is 0 Å². The van der Waals surface area contributed by atoms with Crippen LogP contribution in [0.15, 0.2) is 30.3 Å². The number of unbranched alkanes of at least 4 members (excludes halogenated alkanes) is 1. The van der Waals surface area contributed by atoms with Crippen molar-refractivity contribution in [2.24, 2.45) is 5.92 Å². The Morgan fingerprint density at radius 1 is 1.36 bits per heavy atom. The van der Waals surface area contributed by atoms with E-state index in [1.165, 1.54) is 0 Å². The molecule has 0 aliphatic heterocycles. The highest BCUT2D eigenvalue weighted by Gasteiger charge is 2.42. The van der Waals surface area contributed by atoms with Crippen molar-refractivity contribution in [3.05, 3.63) is 35.9 Å². The molecule has 2 N–H and O–H groups in total. The van der Waals surface area contributed by atoms with E-state index in [-0.39, 0.29) is 5.92 Å². The highest BCUT2D eigenvalue weighted by Crippen LogP contribution is 2.28. The smallest absolute Gasteiger partial charge is 0.324 e. The zero-order valence-corrected chi connectivity index (χ0v) is 13.5. The van der Waals surface area contributed by atoms with Gasteiger partial charge >= 0.3 is 5.97 Å². The molecule has 22 heavy (non-hydrogen) atoms. The van der Waals surface area contributed by atoms with Crippen molar-refractivity contribution in [2.75, 3.05) is 0 Å². The fourth-order valence-corrected chi connectivity index (χ4v) is 2.90. The monoisotopic (exact) mass is 305 g/mol. The summed E-state index contributed by atoms with van der Waals surface area (Å²) in [5, 5.41) is 13.1. The third-order valence-corrected chi connectivity index (χ3v) is 4.29. The van der Waals surface area contributed by atoms with Crippen LogP contribution < -0.4 is 5.32 Å². The van der Waals surface area contributed by atoms with Crippen LogP contribution in [0.2, 0.25) is 0 Å². The molecule has 0 amide bonds. The van der Waals surface area contributed by atoms with Crippen molar-refractivity contribution < 1.29 is 14.7 Å². The van der Waals surface area contributed by atoms with Gasteiger partial charge in [-0.05, 0) is 30.7 Å². The van der Waals surface area contributed by atoms with E-state index in [1.54, 1.807) is 0 Å². The van der Waals surface area contributed by atoms with Crippen LogP contribution in [-0.4, -0.2) is 22.9 Å². The molecule has 2 atom stereocenters. The van der Waals surface area contributed by atoms with Crippen molar-refractivity contribution >= 4 is 12.3 Å². The van der Waals surface area contributed by atoms with Gasteiger partial charge in [-0.15, -0.1) is 0 Å². The van der Waals surface area contributed by atoms with Gasteiger partial charge < -0.3 is 9.90 Å². The average Bonchev–Trinajstić information content (AvgIpc) is 2.51. The number of carboxylic acids is 1. The lowest BCUT2D eigenvalue weighted by Gasteiger charge is -2.36. The van der Waals surface area contributed by atoms with Gasteiger partial charge in [0.15, 0.2) is 0 Å². The standard InChI is InChI=1S/C18H27NO3/c1-3-9-15(2)18(17(21)22,12-7-8-13-20)19-14-16-10-5-4-6-11-16/h4-6,10-11,13,15,19H,3,7-9,12,14H2,1-2H3,(H,21,22). The molecule has 0 saturated carbocycles. The van der Waals surface area contributed by atoms with Gasteiger partial charge in [-0.25, -0.2) is 0 Å². The first-order chi connectivity index (χ1) is 10.6. The third kappa shape index (κ3) is 4.95. The summed E-state index contributed by atoms with van der Waals surface area (Å²) in [7, 11) is 0. The van der Waals surface area contributed by atoms with Crippen molar-refractivity contribution in [2.45, 2.75) is 58.0 Å². The Morgan fingerprint density at radius 3 is 2.59 bits per heavy atom. The Morgan fingerprint density at radius 2 is 2.05 bits per heavy atom. The van der Waals surface area contributed by atoms with Gasteiger partial charge in [0.2, 0.25) is 0 Å². The summed E-state index contributed by atoms with van der Waals surface area (Å²) in [5.74, 6) is -0.819. The van der Waals surface area contributed by atoms with Crippen molar-refractivity contribution in [3.8, 4) is 0 Å². The predicted octanol–water partition coefficient (Wildman–Crippen LogP) is 3.41. The Hall–Kier alpha value is -1.68. The topological polar surface area (TPSA) is 66.4 Å². The fraction of sp³-hybridized carbons (Fsp3) is 0.556. The quantitative estimate of drug-likeness (QED) is 0.486. The van der Waals surface area contributed by atoms with Crippen LogP contribution in [0, 0.1) is 5.92 Å². The minimum atomic E-state index is -0.977. The summed E-state index contributed by atoms with van der Waals surface area (Å²) in [5.41, 5.74) is 0.0849. The summed E-state index contributed by atoms with van der Waals surface area (Å²) >= 11 is 0. The molecule has 4 nitrogen and oxygen atoms in total. The van der Waals surface area contributed by atoms with E-state index in [0.717, 1.165) is 24.7 Å². The molecule has 0 aliphatic carbocycles. The Bertz CT molecular complexity index is 461.